The zero-order valence-corrected chi connectivity index (χ0v) is 15.0. The lowest BCUT2D eigenvalue weighted by molar-refractivity contribution is -0.126. The summed E-state index contributed by atoms with van der Waals surface area (Å²) in [6.07, 6.45) is 2.40. The van der Waals surface area contributed by atoms with E-state index in [1.165, 1.54) is 23.5 Å². The largest absolute Gasteiger partial charge is 0.496 e. The van der Waals surface area contributed by atoms with Crippen molar-refractivity contribution in [2.45, 2.75) is 19.4 Å². The van der Waals surface area contributed by atoms with E-state index in [2.05, 4.69) is 5.32 Å². The number of carbonyl (C=O) groups is 2. The van der Waals surface area contributed by atoms with E-state index in [-0.39, 0.29) is 30.3 Å². The van der Waals surface area contributed by atoms with Crippen molar-refractivity contribution in [3.8, 4) is 5.75 Å². The predicted molar refractivity (Wildman–Crippen MR) is 90.9 cm³/mol. The lowest BCUT2D eigenvalue weighted by atomic mass is 9.98. The van der Waals surface area contributed by atoms with E-state index in [0.717, 1.165) is 6.26 Å². The molecule has 1 fully saturated rings. The fraction of sp³-hybridized carbons (Fsp3) is 0.500. The average molecular weight is 370 g/mol. The van der Waals surface area contributed by atoms with Gasteiger partial charge in [-0.2, -0.15) is 0 Å². The number of hydrogen-bond donors (Lipinski definition) is 2. The first kappa shape index (κ1) is 19.2. The minimum absolute atomic E-state index is 0.0233. The van der Waals surface area contributed by atoms with E-state index >= 15 is 0 Å². The summed E-state index contributed by atoms with van der Waals surface area (Å²) in [5.41, 5.74) is 0.650. The van der Waals surface area contributed by atoms with E-state index in [1.807, 2.05) is 0 Å². The second-order valence-corrected chi connectivity index (χ2v) is 8.00. The molecule has 9 heteroatoms. The van der Waals surface area contributed by atoms with E-state index in [1.54, 1.807) is 6.07 Å². The van der Waals surface area contributed by atoms with Crippen LogP contribution in [0.5, 0.6) is 5.75 Å². The number of carboxylic acids is 1. The summed E-state index contributed by atoms with van der Waals surface area (Å²) in [6, 6.07) is 4.66. The summed E-state index contributed by atoms with van der Waals surface area (Å²) in [5.74, 6) is -1.50. The highest BCUT2D eigenvalue weighted by Gasteiger charge is 2.30. The van der Waals surface area contributed by atoms with Crippen LogP contribution in [-0.4, -0.2) is 56.2 Å². The Labute approximate surface area is 146 Å². The van der Waals surface area contributed by atoms with Gasteiger partial charge >= 0.3 is 5.97 Å². The molecule has 25 heavy (non-hydrogen) atoms. The molecule has 1 aliphatic rings. The molecule has 1 unspecified atom stereocenters. The number of nitrogens with zero attached hydrogens (tertiary/aromatic N) is 1. The van der Waals surface area contributed by atoms with Crippen LogP contribution in [0, 0.1) is 5.92 Å². The quantitative estimate of drug-likeness (QED) is 0.761. The van der Waals surface area contributed by atoms with Gasteiger partial charge in [-0.25, -0.2) is 17.5 Å². The van der Waals surface area contributed by atoms with Crippen LogP contribution in [0.2, 0.25) is 0 Å². The first-order chi connectivity index (χ1) is 11.7. The molecule has 2 N–H and O–H groups in total. The number of carbonyl (C=O) groups excluding carboxylic acids is 1. The van der Waals surface area contributed by atoms with E-state index in [4.69, 9.17) is 4.74 Å². The van der Waals surface area contributed by atoms with Crippen molar-refractivity contribution in [3.05, 3.63) is 29.3 Å². The minimum Gasteiger partial charge on any atom is -0.496 e. The van der Waals surface area contributed by atoms with Gasteiger partial charge in [-0.05, 0) is 30.5 Å². The molecule has 1 aromatic carbocycles. The van der Waals surface area contributed by atoms with Crippen LogP contribution >= 0.6 is 0 Å². The highest BCUT2D eigenvalue weighted by atomic mass is 32.2. The molecule has 0 bridgehead atoms. The van der Waals surface area contributed by atoms with Crippen molar-refractivity contribution in [1.29, 1.82) is 0 Å². The SMILES string of the molecule is COc1ccc(CNC(=O)C2CCCN(S(C)(=O)=O)C2)cc1C(=O)O. The Morgan fingerprint density at radius 3 is 2.72 bits per heavy atom. The highest BCUT2D eigenvalue weighted by molar-refractivity contribution is 7.88. The van der Waals surface area contributed by atoms with Crippen LogP contribution in [0.4, 0.5) is 0 Å². The Morgan fingerprint density at radius 2 is 2.12 bits per heavy atom. The normalized spacial score (nSPS) is 18.6. The Morgan fingerprint density at radius 1 is 1.40 bits per heavy atom. The lowest BCUT2D eigenvalue weighted by Crippen LogP contribution is -2.44. The summed E-state index contributed by atoms with van der Waals surface area (Å²) in [7, 11) is -1.92. The van der Waals surface area contributed by atoms with E-state index < -0.39 is 21.9 Å². The van der Waals surface area contributed by atoms with Gasteiger partial charge in [0, 0.05) is 19.6 Å². The van der Waals surface area contributed by atoms with Gasteiger partial charge < -0.3 is 15.2 Å². The van der Waals surface area contributed by atoms with Crippen molar-refractivity contribution in [2.75, 3.05) is 26.5 Å². The van der Waals surface area contributed by atoms with Gasteiger partial charge in [0.2, 0.25) is 15.9 Å². The standard InChI is InChI=1S/C16H22N2O6S/c1-24-14-6-5-11(8-13(14)16(20)21)9-17-15(19)12-4-3-7-18(10-12)25(2,22)23/h5-6,8,12H,3-4,7,9-10H2,1-2H3,(H,17,19)(H,20,21). The molecule has 1 aromatic rings. The van der Waals surface area contributed by atoms with Gasteiger partial charge in [0.1, 0.15) is 11.3 Å². The summed E-state index contributed by atoms with van der Waals surface area (Å²) in [4.78, 5) is 23.5. The fourth-order valence-corrected chi connectivity index (χ4v) is 3.73. The van der Waals surface area contributed by atoms with Gasteiger partial charge in [-0.1, -0.05) is 6.07 Å². The van der Waals surface area contributed by atoms with Crippen molar-refractivity contribution in [1.82, 2.24) is 9.62 Å². The number of benzene rings is 1. The van der Waals surface area contributed by atoms with Gasteiger partial charge in [0.15, 0.2) is 0 Å². The third-order valence-corrected chi connectivity index (χ3v) is 5.45. The monoisotopic (exact) mass is 370 g/mol. The maximum Gasteiger partial charge on any atom is 0.339 e. The molecule has 138 valence electrons. The molecular formula is C16H22N2O6S. The third kappa shape index (κ3) is 4.93. The van der Waals surface area contributed by atoms with E-state index in [9.17, 15) is 23.1 Å². The van der Waals surface area contributed by atoms with Crippen molar-refractivity contribution >= 4 is 21.9 Å². The molecule has 0 aromatic heterocycles. The van der Waals surface area contributed by atoms with Gasteiger partial charge in [-0.3, -0.25) is 4.79 Å². The zero-order valence-electron chi connectivity index (χ0n) is 14.2. The van der Waals surface area contributed by atoms with Crippen molar-refractivity contribution < 1.29 is 27.9 Å². The molecule has 8 nitrogen and oxygen atoms in total. The average Bonchev–Trinajstić information content (AvgIpc) is 2.58. The molecule has 0 spiro atoms. The van der Waals surface area contributed by atoms with Crippen LogP contribution in [0.25, 0.3) is 0 Å². The zero-order chi connectivity index (χ0) is 18.6. The smallest absolute Gasteiger partial charge is 0.339 e. The highest BCUT2D eigenvalue weighted by Crippen LogP contribution is 2.21. The summed E-state index contributed by atoms with van der Waals surface area (Å²) in [5, 5.41) is 11.9. The Hall–Kier alpha value is -2.13. The number of amides is 1. The molecule has 1 saturated heterocycles. The molecule has 1 atom stereocenters. The Kier molecular flexibility index (Phi) is 6.02. The van der Waals surface area contributed by atoms with Gasteiger partial charge in [0.25, 0.3) is 0 Å². The molecule has 1 heterocycles. The van der Waals surface area contributed by atoms with Crippen molar-refractivity contribution in [2.24, 2.45) is 5.92 Å². The van der Waals surface area contributed by atoms with Crippen molar-refractivity contribution in [3.63, 3.8) is 0 Å². The molecule has 1 aliphatic heterocycles. The topological polar surface area (TPSA) is 113 Å². The lowest BCUT2D eigenvalue weighted by Gasteiger charge is -2.30. The molecule has 0 aliphatic carbocycles. The number of methoxy groups -OCH3 is 1. The summed E-state index contributed by atoms with van der Waals surface area (Å²) < 4.78 is 29.6. The number of nitrogens with one attached hydrogen (secondary N) is 1. The van der Waals surface area contributed by atoms with Gasteiger partial charge in [0.05, 0.1) is 19.3 Å². The maximum absolute atomic E-state index is 12.3. The molecule has 0 saturated carbocycles. The number of piperidine rings is 1. The third-order valence-electron chi connectivity index (χ3n) is 4.18. The Balaban J connectivity index is 2.00. The molecular weight excluding hydrogens is 348 g/mol. The number of ether oxygens (including phenoxy) is 1. The molecule has 1 amide bonds. The second kappa shape index (κ2) is 7.83. The first-order valence-electron chi connectivity index (χ1n) is 7.85. The maximum atomic E-state index is 12.3. The number of aromatic carboxylic acids is 1. The van der Waals surface area contributed by atoms with Crippen LogP contribution in [-0.2, 0) is 21.4 Å². The first-order valence-corrected chi connectivity index (χ1v) is 9.70. The number of sulfonamides is 1. The number of rotatable bonds is 6. The van der Waals surface area contributed by atoms with Crippen LogP contribution < -0.4 is 10.1 Å². The Bertz CT molecular complexity index is 762. The summed E-state index contributed by atoms with van der Waals surface area (Å²) >= 11 is 0. The number of carboxylic acid groups (broad SMARTS) is 1. The van der Waals surface area contributed by atoms with Crippen LogP contribution in [0.3, 0.4) is 0 Å². The number of hydrogen-bond acceptors (Lipinski definition) is 5. The van der Waals surface area contributed by atoms with Gasteiger partial charge in [-0.15, -0.1) is 0 Å². The van der Waals surface area contributed by atoms with Crippen LogP contribution in [0.15, 0.2) is 18.2 Å². The predicted octanol–water partition coefficient (Wildman–Crippen LogP) is 0.681. The summed E-state index contributed by atoms with van der Waals surface area (Å²) in [6.45, 7) is 0.773. The molecule has 0 radical (unpaired) electrons. The van der Waals surface area contributed by atoms with Crippen LogP contribution in [0.1, 0.15) is 28.8 Å². The van der Waals surface area contributed by atoms with E-state index in [0.29, 0.717) is 24.9 Å². The second-order valence-electron chi connectivity index (χ2n) is 6.02. The fourth-order valence-electron chi connectivity index (χ4n) is 2.82. The molecule has 2 rings (SSSR count). The minimum atomic E-state index is -3.31.